The number of nitrogens with one attached hydrogen (secondary N) is 2. The minimum absolute atomic E-state index is 0.0812. The maximum atomic E-state index is 13.5. The number of amides is 3. The molecule has 2 aliphatic heterocycles. The van der Waals surface area contributed by atoms with E-state index in [9.17, 15) is 23.2 Å². The van der Waals surface area contributed by atoms with Crippen molar-refractivity contribution in [3.8, 4) is 0 Å². The molecular weight excluding hydrogens is 573 g/mol. The van der Waals surface area contributed by atoms with Gasteiger partial charge in [-0.15, -0.1) is 0 Å². The molecule has 1 aromatic rings. The van der Waals surface area contributed by atoms with Crippen LogP contribution in [0.4, 0.5) is 14.5 Å². The smallest absolute Gasteiger partial charge is 0.248 e. The summed E-state index contributed by atoms with van der Waals surface area (Å²) in [5, 5.41) is 6.71. The molecule has 4 rings (SSSR count). The molecule has 0 spiro atoms. The summed E-state index contributed by atoms with van der Waals surface area (Å²) in [6.07, 6.45) is 2.36. The van der Waals surface area contributed by atoms with E-state index in [0.717, 1.165) is 43.7 Å². The highest BCUT2D eigenvalue weighted by Gasteiger charge is 2.42. The van der Waals surface area contributed by atoms with Gasteiger partial charge in [-0.25, -0.2) is 8.78 Å². The van der Waals surface area contributed by atoms with E-state index in [1.165, 1.54) is 0 Å². The maximum absolute atomic E-state index is 13.5. The molecule has 1 saturated carbocycles. The largest absolute Gasteiger partial charge is 0.385 e. The third-order valence-electron chi connectivity index (χ3n) is 9.92. The van der Waals surface area contributed by atoms with Crippen LogP contribution in [0.15, 0.2) is 18.2 Å². The highest BCUT2D eigenvalue weighted by molar-refractivity contribution is 6.40. The third-order valence-corrected chi connectivity index (χ3v) is 10.2. The van der Waals surface area contributed by atoms with Gasteiger partial charge in [-0.2, -0.15) is 0 Å². The van der Waals surface area contributed by atoms with Crippen molar-refractivity contribution < 1.29 is 23.2 Å². The Bertz CT molecular complexity index is 1160. The van der Waals surface area contributed by atoms with Crippen molar-refractivity contribution in [1.82, 2.24) is 20.0 Å². The summed E-state index contributed by atoms with van der Waals surface area (Å²) in [6, 6.07) is 5.95. The second-order valence-corrected chi connectivity index (χ2v) is 14.0. The number of likely N-dealkylation sites (tertiary alicyclic amines) is 1. The van der Waals surface area contributed by atoms with Gasteiger partial charge in [0.05, 0.1) is 6.54 Å². The number of carbonyl (C=O) groups excluding carboxylic acids is 3. The molecule has 0 bridgehead atoms. The lowest BCUT2D eigenvalue weighted by molar-refractivity contribution is -0.135. The van der Waals surface area contributed by atoms with E-state index in [2.05, 4.69) is 31.2 Å². The van der Waals surface area contributed by atoms with Crippen LogP contribution in [0.5, 0.6) is 0 Å². The predicted molar refractivity (Wildman–Crippen MR) is 171 cm³/mol. The fourth-order valence-electron chi connectivity index (χ4n) is 6.70. The molecule has 13 heteroatoms. The molecule has 0 aromatic heterocycles. The first-order valence-electron chi connectivity index (χ1n) is 15.6. The maximum Gasteiger partial charge on any atom is 0.248 e. The Labute approximate surface area is 261 Å². The lowest BCUT2D eigenvalue weighted by atomic mass is 9.56. The van der Waals surface area contributed by atoms with Crippen molar-refractivity contribution >= 4 is 50.7 Å². The number of carbonyl (C=O) groups is 3. The molecule has 3 fully saturated rings. The lowest BCUT2D eigenvalue weighted by Gasteiger charge is -2.45. The van der Waals surface area contributed by atoms with Crippen LogP contribution < -0.4 is 10.6 Å². The number of hydrogen-bond acceptors (Lipinski definition) is 5. The molecule has 0 atom stereocenters. The number of anilines is 1. The summed E-state index contributed by atoms with van der Waals surface area (Å²) in [5.41, 5.74) is 1.69. The topological polar surface area (TPSA) is 85.0 Å². The average molecular weight is 620 g/mol. The normalized spacial score (nSPS) is 21.3. The van der Waals surface area contributed by atoms with Gasteiger partial charge < -0.3 is 25.3 Å². The standard InChI is InChI=1S/C30H46B2ClF2N5O3/c1-21(41)38-11-5-22(6-12-38)19-36-25-4-3-23(33)17-24(25)30(31,32)40-15-13-39(14-16-40)27(43)20-37-26(42)18-28(2)7-9-29(34,35)10-8-28/h3-4,17,22,36H,5-16,18-20,31-32H2,1-2H3,(H,37,42). The Balaban J connectivity index is 1.26. The van der Waals surface area contributed by atoms with E-state index in [1.54, 1.807) is 11.8 Å². The molecule has 3 amide bonds. The first-order valence-corrected chi connectivity index (χ1v) is 16.0. The molecule has 2 N–H and O–H groups in total. The lowest BCUT2D eigenvalue weighted by Crippen LogP contribution is -2.58. The van der Waals surface area contributed by atoms with E-state index < -0.39 is 11.3 Å². The zero-order chi connectivity index (χ0) is 31.4. The Kier molecular flexibility index (Phi) is 10.7. The molecule has 0 unspecified atom stereocenters. The van der Waals surface area contributed by atoms with Crippen molar-refractivity contribution in [2.75, 3.05) is 57.7 Å². The number of nitrogens with zero attached hydrogens (tertiary/aromatic N) is 3. The summed E-state index contributed by atoms with van der Waals surface area (Å²) >= 11 is 6.46. The molecule has 2 saturated heterocycles. The number of hydrogen-bond donors (Lipinski definition) is 2. The number of alkyl halides is 2. The fraction of sp³-hybridized carbons (Fsp3) is 0.700. The monoisotopic (exact) mass is 619 g/mol. The van der Waals surface area contributed by atoms with Crippen LogP contribution >= 0.6 is 11.6 Å². The number of benzene rings is 1. The summed E-state index contributed by atoms with van der Waals surface area (Å²) in [6.45, 7) is 8.29. The predicted octanol–water partition coefficient (Wildman–Crippen LogP) is 2.25. The summed E-state index contributed by atoms with van der Waals surface area (Å²) in [5.74, 6) is -2.39. The van der Waals surface area contributed by atoms with E-state index in [1.807, 2.05) is 30.0 Å². The first kappa shape index (κ1) is 33.6. The number of rotatable bonds is 9. The van der Waals surface area contributed by atoms with Crippen molar-refractivity contribution in [2.24, 2.45) is 11.3 Å². The molecule has 3 aliphatic rings. The minimum atomic E-state index is -2.64. The van der Waals surface area contributed by atoms with Gasteiger partial charge in [0.1, 0.15) is 15.7 Å². The van der Waals surface area contributed by atoms with Gasteiger partial charge in [-0.1, -0.05) is 18.5 Å². The highest BCUT2D eigenvalue weighted by atomic mass is 35.5. The van der Waals surface area contributed by atoms with Crippen molar-refractivity contribution in [2.45, 2.75) is 70.1 Å². The van der Waals surface area contributed by atoms with Gasteiger partial charge in [0.2, 0.25) is 23.6 Å². The Morgan fingerprint density at radius 1 is 1.00 bits per heavy atom. The second kappa shape index (κ2) is 13.8. The van der Waals surface area contributed by atoms with Gasteiger partial charge in [-0.3, -0.25) is 14.4 Å². The van der Waals surface area contributed by atoms with E-state index in [4.69, 9.17) is 11.6 Å². The van der Waals surface area contributed by atoms with E-state index >= 15 is 0 Å². The van der Waals surface area contributed by atoms with Crippen molar-refractivity contribution in [1.29, 1.82) is 0 Å². The number of piperazine rings is 1. The first-order chi connectivity index (χ1) is 20.2. The van der Waals surface area contributed by atoms with Gasteiger partial charge in [0.25, 0.3) is 0 Å². The summed E-state index contributed by atoms with van der Waals surface area (Å²) in [4.78, 5) is 43.2. The summed E-state index contributed by atoms with van der Waals surface area (Å²) < 4.78 is 27.1. The zero-order valence-electron chi connectivity index (χ0n) is 26.1. The van der Waals surface area contributed by atoms with Crippen LogP contribution in [0.2, 0.25) is 5.02 Å². The Hall–Kier alpha value is -2.33. The van der Waals surface area contributed by atoms with Crippen LogP contribution in [-0.4, -0.2) is 106 Å². The third kappa shape index (κ3) is 8.87. The van der Waals surface area contributed by atoms with E-state index in [0.29, 0.717) is 50.0 Å². The Morgan fingerprint density at radius 3 is 2.23 bits per heavy atom. The van der Waals surface area contributed by atoms with Crippen LogP contribution in [0.3, 0.4) is 0 Å². The quantitative estimate of drug-likeness (QED) is 0.415. The van der Waals surface area contributed by atoms with Gasteiger partial charge in [-0.05, 0) is 66.1 Å². The summed E-state index contributed by atoms with van der Waals surface area (Å²) in [7, 11) is 4.35. The molecule has 236 valence electrons. The minimum Gasteiger partial charge on any atom is -0.385 e. The highest BCUT2D eigenvalue weighted by Crippen LogP contribution is 2.45. The van der Waals surface area contributed by atoms with Gasteiger partial charge in [0.15, 0.2) is 0 Å². The van der Waals surface area contributed by atoms with Crippen LogP contribution in [0, 0.1) is 11.3 Å². The number of piperidine rings is 1. The zero-order valence-corrected chi connectivity index (χ0v) is 26.9. The fourth-order valence-corrected chi connectivity index (χ4v) is 6.87. The molecule has 8 nitrogen and oxygen atoms in total. The SMILES string of the molecule is BC(B)(c1cc(Cl)ccc1NCC1CCN(C(C)=O)CC1)N1CCN(C(=O)CNC(=O)CC2(C)CCC(F)(F)CC2)CC1. The van der Waals surface area contributed by atoms with Crippen LogP contribution in [0.25, 0.3) is 0 Å². The second-order valence-electron chi connectivity index (χ2n) is 13.6. The molecule has 2 heterocycles. The van der Waals surface area contributed by atoms with Crippen LogP contribution in [0.1, 0.15) is 64.4 Å². The number of halogens is 3. The van der Waals surface area contributed by atoms with Crippen molar-refractivity contribution in [3.63, 3.8) is 0 Å². The van der Waals surface area contributed by atoms with Gasteiger partial charge in [0, 0.05) is 82.7 Å². The Morgan fingerprint density at radius 2 is 1.63 bits per heavy atom. The van der Waals surface area contributed by atoms with Crippen molar-refractivity contribution in [3.05, 3.63) is 28.8 Å². The molecule has 0 radical (unpaired) electrons. The average Bonchev–Trinajstić information content (AvgIpc) is 2.97. The molecule has 1 aliphatic carbocycles. The molecule has 1 aromatic carbocycles. The molecule has 43 heavy (non-hydrogen) atoms. The van der Waals surface area contributed by atoms with Gasteiger partial charge >= 0.3 is 0 Å². The van der Waals surface area contributed by atoms with E-state index in [-0.39, 0.29) is 48.9 Å². The van der Waals surface area contributed by atoms with Crippen LogP contribution in [-0.2, 0) is 19.7 Å². The molecular formula is C30H46B2ClF2N5O3.